The van der Waals surface area contributed by atoms with E-state index in [4.69, 9.17) is 9.47 Å². The van der Waals surface area contributed by atoms with Gasteiger partial charge in [0.05, 0.1) is 17.5 Å². The predicted octanol–water partition coefficient (Wildman–Crippen LogP) is 1.55. The number of fused-ring (bicyclic) bond motifs is 4. The van der Waals surface area contributed by atoms with Crippen molar-refractivity contribution in [3.8, 4) is 11.5 Å². The molecule has 0 aliphatic carbocycles. The molecule has 1 fully saturated rings. The van der Waals surface area contributed by atoms with Crippen molar-refractivity contribution >= 4 is 15.9 Å². The molecule has 7 nitrogen and oxygen atoms in total. The number of piperazine rings is 1. The van der Waals surface area contributed by atoms with E-state index in [1.165, 1.54) is 22.0 Å². The quantitative estimate of drug-likeness (QED) is 0.783. The Bertz CT molecular complexity index is 1040. The minimum atomic E-state index is -3.82. The molecule has 0 unspecified atom stereocenters. The summed E-state index contributed by atoms with van der Waals surface area (Å²) in [4.78, 5) is 14.6. The largest absolute Gasteiger partial charge is 0.454 e. The standard InChI is InChI=1S/C19H18N2O5S/c22-19-11-20(10-16-15-4-2-1-3-13(15)7-8-21(16)19)27(23,24)14-5-6-17-18(9-14)26-12-25-17/h1-6,9,16H,7-8,10-12H2/t16-/m0/s1. The zero-order valence-electron chi connectivity index (χ0n) is 14.5. The van der Waals surface area contributed by atoms with Gasteiger partial charge >= 0.3 is 0 Å². The third-order valence-corrected chi connectivity index (χ3v) is 7.21. The first-order valence-corrected chi connectivity index (χ1v) is 10.2. The third-order valence-electron chi connectivity index (χ3n) is 5.40. The summed E-state index contributed by atoms with van der Waals surface area (Å²) in [6.45, 7) is 0.808. The zero-order valence-corrected chi connectivity index (χ0v) is 15.3. The van der Waals surface area contributed by atoms with Crippen LogP contribution in [0.3, 0.4) is 0 Å². The van der Waals surface area contributed by atoms with Crippen molar-refractivity contribution in [2.75, 3.05) is 26.4 Å². The molecule has 3 aliphatic rings. The molecule has 1 amide bonds. The molecule has 1 atom stereocenters. The smallest absolute Gasteiger partial charge is 0.243 e. The minimum absolute atomic E-state index is 0.0782. The summed E-state index contributed by atoms with van der Waals surface area (Å²) in [5, 5.41) is 0. The first-order valence-electron chi connectivity index (χ1n) is 8.81. The number of hydrogen-bond donors (Lipinski definition) is 0. The highest BCUT2D eigenvalue weighted by molar-refractivity contribution is 7.89. The highest BCUT2D eigenvalue weighted by atomic mass is 32.2. The second kappa shape index (κ2) is 5.97. The van der Waals surface area contributed by atoms with Crippen LogP contribution in [0.2, 0.25) is 0 Å². The first kappa shape index (κ1) is 16.6. The molecule has 0 saturated carbocycles. The Kier molecular flexibility index (Phi) is 3.66. The normalized spacial score (nSPS) is 21.7. The average molecular weight is 386 g/mol. The second-order valence-electron chi connectivity index (χ2n) is 6.86. The maximum absolute atomic E-state index is 13.2. The summed E-state index contributed by atoms with van der Waals surface area (Å²) in [5.41, 5.74) is 2.21. The van der Waals surface area contributed by atoms with Gasteiger partial charge in [-0.05, 0) is 29.7 Å². The molecule has 2 aromatic carbocycles. The van der Waals surface area contributed by atoms with Gasteiger partial charge in [-0.3, -0.25) is 4.79 Å². The highest BCUT2D eigenvalue weighted by Gasteiger charge is 2.41. The van der Waals surface area contributed by atoms with E-state index in [1.807, 2.05) is 24.3 Å². The molecular formula is C19H18N2O5S. The van der Waals surface area contributed by atoms with Crippen LogP contribution < -0.4 is 9.47 Å². The Morgan fingerprint density at radius 2 is 1.85 bits per heavy atom. The Morgan fingerprint density at radius 3 is 2.74 bits per heavy atom. The summed E-state index contributed by atoms with van der Waals surface area (Å²) >= 11 is 0. The predicted molar refractivity (Wildman–Crippen MR) is 95.9 cm³/mol. The number of carbonyl (C=O) groups is 1. The van der Waals surface area contributed by atoms with E-state index in [2.05, 4.69) is 0 Å². The highest BCUT2D eigenvalue weighted by Crippen LogP contribution is 2.37. The van der Waals surface area contributed by atoms with Crippen LogP contribution in [-0.2, 0) is 21.2 Å². The molecule has 0 spiro atoms. The molecule has 1 saturated heterocycles. The van der Waals surface area contributed by atoms with Gasteiger partial charge in [-0.25, -0.2) is 8.42 Å². The number of hydrogen-bond acceptors (Lipinski definition) is 5. The van der Waals surface area contributed by atoms with Crippen LogP contribution in [0, 0.1) is 0 Å². The lowest BCUT2D eigenvalue weighted by atomic mass is 9.91. The van der Waals surface area contributed by atoms with Gasteiger partial charge in [0.25, 0.3) is 0 Å². The molecule has 3 heterocycles. The van der Waals surface area contributed by atoms with E-state index >= 15 is 0 Å². The first-order chi connectivity index (χ1) is 13.0. The SMILES string of the molecule is O=C1CN(S(=O)(=O)c2ccc3c(c2)OCO3)C[C@H]2c3ccccc3CCN12. The van der Waals surface area contributed by atoms with E-state index in [-0.39, 0.29) is 36.7 Å². The zero-order chi connectivity index (χ0) is 18.6. The Balaban J connectivity index is 1.50. The maximum atomic E-state index is 13.2. The van der Waals surface area contributed by atoms with Crippen molar-refractivity contribution in [3.63, 3.8) is 0 Å². The lowest BCUT2D eigenvalue weighted by Crippen LogP contribution is -2.55. The number of benzene rings is 2. The van der Waals surface area contributed by atoms with Crippen LogP contribution in [0.1, 0.15) is 17.2 Å². The van der Waals surface area contributed by atoms with Crippen molar-refractivity contribution < 1.29 is 22.7 Å². The van der Waals surface area contributed by atoms with Gasteiger partial charge in [0.15, 0.2) is 11.5 Å². The van der Waals surface area contributed by atoms with Crippen molar-refractivity contribution in [1.29, 1.82) is 0 Å². The molecule has 0 aromatic heterocycles. The molecule has 3 aliphatic heterocycles. The van der Waals surface area contributed by atoms with Gasteiger partial charge in [-0.15, -0.1) is 0 Å². The van der Waals surface area contributed by atoms with E-state index in [9.17, 15) is 13.2 Å². The number of sulfonamides is 1. The van der Waals surface area contributed by atoms with Crippen molar-refractivity contribution in [2.45, 2.75) is 17.4 Å². The minimum Gasteiger partial charge on any atom is -0.454 e. The lowest BCUT2D eigenvalue weighted by molar-refractivity contribution is -0.138. The van der Waals surface area contributed by atoms with Crippen LogP contribution in [-0.4, -0.2) is 50.0 Å². The van der Waals surface area contributed by atoms with Crippen LogP contribution in [0.15, 0.2) is 47.4 Å². The summed E-state index contributed by atoms with van der Waals surface area (Å²) in [6.07, 6.45) is 0.799. The molecule has 5 rings (SSSR count). The van der Waals surface area contributed by atoms with E-state index in [0.29, 0.717) is 18.0 Å². The number of carbonyl (C=O) groups excluding carboxylic acids is 1. The Hall–Kier alpha value is -2.58. The number of amides is 1. The maximum Gasteiger partial charge on any atom is 0.243 e. The molecule has 0 bridgehead atoms. The lowest BCUT2D eigenvalue weighted by Gasteiger charge is -2.44. The number of nitrogens with zero attached hydrogens (tertiary/aromatic N) is 2. The molecule has 140 valence electrons. The van der Waals surface area contributed by atoms with Crippen LogP contribution >= 0.6 is 0 Å². The van der Waals surface area contributed by atoms with Gasteiger partial charge in [0.1, 0.15) is 0 Å². The van der Waals surface area contributed by atoms with Crippen molar-refractivity contribution in [2.24, 2.45) is 0 Å². The number of rotatable bonds is 2. The van der Waals surface area contributed by atoms with E-state index in [1.54, 1.807) is 11.0 Å². The Labute approximate surface area is 157 Å². The van der Waals surface area contributed by atoms with Crippen molar-refractivity contribution in [3.05, 3.63) is 53.6 Å². The van der Waals surface area contributed by atoms with Crippen LogP contribution in [0.5, 0.6) is 11.5 Å². The van der Waals surface area contributed by atoms with Gasteiger partial charge in [-0.1, -0.05) is 24.3 Å². The third kappa shape index (κ3) is 2.59. The average Bonchev–Trinajstić information content (AvgIpc) is 3.15. The Morgan fingerprint density at radius 1 is 1.04 bits per heavy atom. The molecule has 8 heteroatoms. The van der Waals surface area contributed by atoms with E-state index < -0.39 is 10.0 Å². The summed E-state index contributed by atoms with van der Waals surface area (Å²) in [6, 6.07) is 12.2. The number of ether oxygens (including phenoxy) is 2. The van der Waals surface area contributed by atoms with Gasteiger partial charge in [0.2, 0.25) is 22.7 Å². The fraction of sp³-hybridized carbons (Fsp3) is 0.316. The van der Waals surface area contributed by atoms with Gasteiger partial charge in [0, 0.05) is 19.2 Å². The molecule has 0 N–H and O–H groups in total. The van der Waals surface area contributed by atoms with Crippen LogP contribution in [0.25, 0.3) is 0 Å². The molecule has 27 heavy (non-hydrogen) atoms. The summed E-state index contributed by atoms with van der Waals surface area (Å²) < 4.78 is 38.2. The summed E-state index contributed by atoms with van der Waals surface area (Å²) in [7, 11) is -3.82. The monoisotopic (exact) mass is 386 g/mol. The van der Waals surface area contributed by atoms with Crippen LogP contribution in [0.4, 0.5) is 0 Å². The van der Waals surface area contributed by atoms with E-state index in [0.717, 1.165) is 12.0 Å². The summed E-state index contributed by atoms with van der Waals surface area (Å²) in [5.74, 6) is 0.769. The fourth-order valence-corrected chi connectivity index (χ4v) is 5.43. The topological polar surface area (TPSA) is 76.2 Å². The van der Waals surface area contributed by atoms with Gasteiger partial charge in [-0.2, -0.15) is 4.31 Å². The molecule has 2 aromatic rings. The fourth-order valence-electron chi connectivity index (χ4n) is 4.02. The molecular weight excluding hydrogens is 368 g/mol. The second-order valence-corrected chi connectivity index (χ2v) is 8.80. The molecule has 0 radical (unpaired) electrons. The van der Waals surface area contributed by atoms with Crippen molar-refractivity contribution in [1.82, 2.24) is 9.21 Å². The van der Waals surface area contributed by atoms with Gasteiger partial charge < -0.3 is 14.4 Å².